The fourth-order valence-electron chi connectivity index (χ4n) is 3.91. The summed E-state index contributed by atoms with van der Waals surface area (Å²) in [6.07, 6.45) is 5.31. The molecule has 2 aliphatic rings. The van der Waals surface area contributed by atoms with Crippen molar-refractivity contribution >= 4 is 50.9 Å². The second-order valence-electron chi connectivity index (χ2n) is 6.84. The number of rotatable bonds is 4. The number of halogens is 1. The molecule has 0 bridgehead atoms. The molecule has 0 aliphatic carbocycles. The zero-order valence-electron chi connectivity index (χ0n) is 14.8. The van der Waals surface area contributed by atoms with Gasteiger partial charge in [0, 0.05) is 39.5 Å². The highest BCUT2D eigenvalue weighted by Crippen LogP contribution is 2.35. The van der Waals surface area contributed by atoms with Crippen molar-refractivity contribution in [1.82, 2.24) is 19.4 Å². The van der Waals surface area contributed by atoms with Crippen molar-refractivity contribution in [2.24, 2.45) is 0 Å². The Morgan fingerprint density at radius 1 is 1.32 bits per heavy atom. The molecule has 7 nitrogen and oxygen atoms in total. The Morgan fingerprint density at radius 3 is 3.04 bits per heavy atom. The molecule has 142 valence electrons. The quantitative estimate of drug-likeness (QED) is 0.553. The number of nitrogens with one attached hydrogen (secondary N) is 1. The van der Waals surface area contributed by atoms with Crippen LogP contribution in [0.5, 0.6) is 0 Å². The first-order valence-electron chi connectivity index (χ1n) is 8.95. The molecule has 0 saturated heterocycles. The zero-order chi connectivity index (χ0) is 19.3. The van der Waals surface area contributed by atoms with Crippen LogP contribution in [0.25, 0.3) is 0 Å². The number of aryl methyl sites for hydroxylation is 1. The monoisotopic (exact) mass is 505 g/mol. The van der Waals surface area contributed by atoms with E-state index in [-0.39, 0.29) is 11.8 Å². The van der Waals surface area contributed by atoms with Gasteiger partial charge in [-0.1, -0.05) is 6.07 Å². The standard InChI is InChI=1S/C19H16IN5O2S/c20-12-4-3-11-9-25(18(27)13(11)8-12)16(17(26)23-19-21-5-7-28-19)15-14-2-1-6-24(14)10-22-15/h3-5,7-8,10,16H,1-2,6,9H2,(H,21,23,26). The van der Waals surface area contributed by atoms with Crippen molar-refractivity contribution < 1.29 is 9.59 Å². The first-order valence-corrected chi connectivity index (χ1v) is 10.9. The lowest BCUT2D eigenvalue weighted by Crippen LogP contribution is -2.38. The van der Waals surface area contributed by atoms with Gasteiger partial charge in [0.1, 0.15) is 0 Å². The molecule has 2 amide bonds. The summed E-state index contributed by atoms with van der Waals surface area (Å²) in [6.45, 7) is 1.29. The highest BCUT2D eigenvalue weighted by atomic mass is 127. The van der Waals surface area contributed by atoms with Crippen molar-refractivity contribution in [2.75, 3.05) is 5.32 Å². The van der Waals surface area contributed by atoms with Crippen LogP contribution in [0.4, 0.5) is 5.13 Å². The average Bonchev–Trinajstić information content (AvgIpc) is 3.44. The zero-order valence-corrected chi connectivity index (χ0v) is 17.7. The largest absolute Gasteiger partial charge is 0.334 e. The van der Waals surface area contributed by atoms with Crippen molar-refractivity contribution in [1.29, 1.82) is 0 Å². The number of imidazole rings is 1. The van der Waals surface area contributed by atoms with Crippen LogP contribution >= 0.6 is 33.9 Å². The van der Waals surface area contributed by atoms with E-state index in [0.717, 1.165) is 34.2 Å². The number of benzene rings is 1. The number of carbonyl (C=O) groups excluding carboxylic acids is 2. The molecule has 1 atom stereocenters. The van der Waals surface area contributed by atoms with E-state index in [0.29, 0.717) is 22.9 Å². The van der Waals surface area contributed by atoms with Gasteiger partial charge in [0.05, 0.1) is 12.0 Å². The smallest absolute Gasteiger partial charge is 0.255 e. The molecule has 3 aromatic rings. The molecule has 0 spiro atoms. The van der Waals surface area contributed by atoms with Gasteiger partial charge in [-0.05, 0) is 53.1 Å². The van der Waals surface area contributed by atoms with E-state index < -0.39 is 6.04 Å². The fourth-order valence-corrected chi connectivity index (χ4v) is 4.93. The van der Waals surface area contributed by atoms with Gasteiger partial charge >= 0.3 is 0 Å². The van der Waals surface area contributed by atoms with Crippen LogP contribution in [0.1, 0.15) is 39.8 Å². The second-order valence-corrected chi connectivity index (χ2v) is 8.98. The Labute approximate surface area is 178 Å². The minimum Gasteiger partial charge on any atom is -0.334 e. The first-order chi connectivity index (χ1) is 13.6. The minimum absolute atomic E-state index is 0.132. The van der Waals surface area contributed by atoms with Gasteiger partial charge in [-0.2, -0.15) is 0 Å². The number of anilines is 1. The summed E-state index contributed by atoms with van der Waals surface area (Å²) in [6, 6.07) is 5.04. The maximum absolute atomic E-state index is 13.3. The summed E-state index contributed by atoms with van der Waals surface area (Å²) in [7, 11) is 0. The number of thiazole rings is 1. The van der Waals surface area contributed by atoms with Gasteiger partial charge in [0.2, 0.25) is 0 Å². The van der Waals surface area contributed by atoms with E-state index in [4.69, 9.17) is 0 Å². The van der Waals surface area contributed by atoms with Crippen LogP contribution in [-0.2, 0) is 24.3 Å². The Hall–Kier alpha value is -2.27. The van der Waals surface area contributed by atoms with E-state index in [2.05, 4.69) is 42.4 Å². The van der Waals surface area contributed by atoms with Gasteiger partial charge in [-0.3, -0.25) is 14.9 Å². The summed E-state index contributed by atoms with van der Waals surface area (Å²) < 4.78 is 3.08. The van der Waals surface area contributed by atoms with E-state index >= 15 is 0 Å². The van der Waals surface area contributed by atoms with Crippen LogP contribution in [0.3, 0.4) is 0 Å². The topological polar surface area (TPSA) is 80.1 Å². The Bertz CT molecular complexity index is 1080. The van der Waals surface area contributed by atoms with E-state index in [9.17, 15) is 9.59 Å². The average molecular weight is 505 g/mol. The molecular formula is C19H16IN5O2S. The summed E-state index contributed by atoms with van der Waals surface area (Å²) in [5.74, 6) is -0.410. The first kappa shape index (κ1) is 17.8. The Balaban J connectivity index is 1.55. The molecular weight excluding hydrogens is 489 g/mol. The predicted molar refractivity (Wildman–Crippen MR) is 113 cm³/mol. The van der Waals surface area contributed by atoms with Crippen LogP contribution in [0, 0.1) is 3.57 Å². The summed E-state index contributed by atoms with van der Waals surface area (Å²) in [4.78, 5) is 36.8. The molecule has 0 saturated carbocycles. The predicted octanol–water partition coefficient (Wildman–Crippen LogP) is 3.23. The van der Waals surface area contributed by atoms with E-state index in [1.807, 2.05) is 18.2 Å². The van der Waals surface area contributed by atoms with Crippen molar-refractivity contribution in [3.63, 3.8) is 0 Å². The van der Waals surface area contributed by atoms with Crippen molar-refractivity contribution in [3.05, 3.63) is 62.2 Å². The van der Waals surface area contributed by atoms with Gasteiger partial charge in [-0.25, -0.2) is 9.97 Å². The number of nitrogens with zero attached hydrogens (tertiary/aromatic N) is 4. The second kappa shape index (κ2) is 6.96. The number of fused-ring (bicyclic) bond motifs is 2. The lowest BCUT2D eigenvalue weighted by Gasteiger charge is -2.26. The SMILES string of the molecule is O=C(Nc1nccs1)C(c1ncn2c1CCC2)N1Cc2ccc(I)cc2C1=O. The summed E-state index contributed by atoms with van der Waals surface area (Å²) >= 11 is 3.55. The highest BCUT2D eigenvalue weighted by Gasteiger charge is 2.40. The van der Waals surface area contributed by atoms with Crippen LogP contribution in [0.2, 0.25) is 0 Å². The van der Waals surface area contributed by atoms with Crippen molar-refractivity contribution in [3.8, 4) is 0 Å². The molecule has 2 aliphatic heterocycles. The third kappa shape index (κ3) is 2.93. The normalized spacial score (nSPS) is 16.2. The van der Waals surface area contributed by atoms with Gasteiger partial charge in [0.15, 0.2) is 11.2 Å². The molecule has 2 aromatic heterocycles. The maximum Gasteiger partial charge on any atom is 0.255 e. The molecule has 1 aromatic carbocycles. The molecule has 28 heavy (non-hydrogen) atoms. The number of amides is 2. The third-order valence-corrected chi connectivity index (χ3v) is 6.54. The van der Waals surface area contributed by atoms with E-state index in [1.54, 1.807) is 22.8 Å². The molecule has 0 radical (unpaired) electrons. The summed E-state index contributed by atoms with van der Waals surface area (Å²) in [5.41, 5.74) is 3.31. The molecule has 9 heteroatoms. The van der Waals surface area contributed by atoms with Gasteiger partial charge < -0.3 is 9.47 Å². The lowest BCUT2D eigenvalue weighted by atomic mass is 10.1. The third-order valence-electron chi connectivity index (χ3n) is 5.18. The van der Waals surface area contributed by atoms with Gasteiger partial charge in [-0.15, -0.1) is 11.3 Å². The number of hydrogen-bond donors (Lipinski definition) is 1. The number of aromatic nitrogens is 3. The minimum atomic E-state index is -0.782. The van der Waals surface area contributed by atoms with Crippen molar-refractivity contribution in [2.45, 2.75) is 32.0 Å². The van der Waals surface area contributed by atoms with Crippen LogP contribution in [-0.4, -0.2) is 31.2 Å². The van der Waals surface area contributed by atoms with Gasteiger partial charge in [0.25, 0.3) is 11.8 Å². The molecule has 4 heterocycles. The van der Waals surface area contributed by atoms with Crippen LogP contribution in [0.15, 0.2) is 36.1 Å². The maximum atomic E-state index is 13.3. The summed E-state index contributed by atoms with van der Waals surface area (Å²) in [5, 5.41) is 5.18. The number of carbonyl (C=O) groups is 2. The molecule has 5 rings (SSSR count). The molecule has 1 unspecified atom stereocenters. The van der Waals surface area contributed by atoms with E-state index in [1.165, 1.54) is 11.3 Å². The molecule has 0 fully saturated rings. The lowest BCUT2D eigenvalue weighted by molar-refractivity contribution is -0.121. The highest BCUT2D eigenvalue weighted by molar-refractivity contribution is 14.1. The molecule has 1 N–H and O–H groups in total. The number of hydrogen-bond acceptors (Lipinski definition) is 5. The Morgan fingerprint density at radius 2 is 2.21 bits per heavy atom. The fraction of sp³-hybridized carbons (Fsp3) is 0.263. The van der Waals surface area contributed by atoms with Crippen LogP contribution < -0.4 is 5.32 Å². The Kier molecular flexibility index (Phi) is 4.43.